The van der Waals surface area contributed by atoms with Crippen molar-refractivity contribution in [1.82, 2.24) is 5.32 Å². The van der Waals surface area contributed by atoms with Crippen molar-refractivity contribution in [1.29, 1.82) is 0 Å². The van der Waals surface area contributed by atoms with Gasteiger partial charge in [0.1, 0.15) is 0 Å². The number of hydrogen-bond acceptors (Lipinski definition) is 5. The molecule has 0 saturated carbocycles. The highest BCUT2D eigenvalue weighted by Crippen LogP contribution is 2.35. The van der Waals surface area contributed by atoms with Crippen LogP contribution in [0.3, 0.4) is 0 Å². The van der Waals surface area contributed by atoms with E-state index in [1.165, 1.54) is 12.1 Å². The number of nitrogens with one attached hydrogen (secondary N) is 2. The van der Waals surface area contributed by atoms with Crippen LogP contribution in [-0.4, -0.2) is 39.4 Å². The van der Waals surface area contributed by atoms with Gasteiger partial charge in [-0.2, -0.15) is 11.8 Å². The van der Waals surface area contributed by atoms with E-state index in [4.69, 9.17) is 46.4 Å². The zero-order valence-electron chi connectivity index (χ0n) is 15.3. The van der Waals surface area contributed by atoms with Crippen LogP contribution >= 0.6 is 58.2 Å². The molecule has 0 aliphatic heterocycles. The molecule has 0 spiro atoms. The predicted molar refractivity (Wildman–Crippen MR) is 124 cm³/mol. The number of carbonyl (C=O) groups excluding carboxylic acids is 1. The van der Waals surface area contributed by atoms with Crippen LogP contribution in [0.1, 0.15) is 5.56 Å². The lowest BCUT2D eigenvalue weighted by atomic mass is 10.2. The summed E-state index contributed by atoms with van der Waals surface area (Å²) < 4.78 is 23.3. The van der Waals surface area contributed by atoms with E-state index in [0.717, 1.165) is 23.3 Å². The Morgan fingerprint density at radius 3 is 2.41 bits per heavy atom. The summed E-state index contributed by atoms with van der Waals surface area (Å²) in [7, 11) is -3.49. The lowest BCUT2D eigenvalue weighted by Crippen LogP contribution is -2.31. The fraction of sp³-hybridized carbons (Fsp3) is 0.278. The van der Waals surface area contributed by atoms with Crippen molar-refractivity contribution in [3.05, 3.63) is 56.0 Å². The molecule has 2 aromatic carbocycles. The minimum Gasteiger partial charge on any atom is -0.375 e. The smallest absolute Gasteiger partial charge is 0.239 e. The lowest BCUT2D eigenvalue weighted by molar-refractivity contribution is -0.119. The first kappa shape index (κ1) is 24.4. The SMILES string of the molecule is CS(=O)(=O)c1ccc(NCC(=O)NCCSCc2ccc(Cl)c(Cl)c2)c(Cl)c1Cl. The molecule has 5 nitrogen and oxygen atoms in total. The number of halogens is 4. The molecule has 2 aromatic rings. The Balaban J connectivity index is 1.74. The van der Waals surface area contributed by atoms with Crippen LogP contribution in [0.2, 0.25) is 20.1 Å². The van der Waals surface area contributed by atoms with E-state index in [1.54, 1.807) is 17.8 Å². The van der Waals surface area contributed by atoms with Crippen LogP contribution in [0.15, 0.2) is 35.2 Å². The molecule has 0 radical (unpaired) electrons. The standard InChI is InChI=1S/C18H18Cl4N2O3S2/c1-29(26,27)15-5-4-14(17(21)18(15)22)24-9-16(25)23-6-7-28-10-11-2-3-12(19)13(20)8-11/h2-5,8,24H,6-7,9-10H2,1H3,(H,23,25). The zero-order chi connectivity index (χ0) is 21.6. The summed E-state index contributed by atoms with van der Waals surface area (Å²) in [5, 5.41) is 6.67. The summed E-state index contributed by atoms with van der Waals surface area (Å²) >= 11 is 25.6. The largest absolute Gasteiger partial charge is 0.375 e. The first-order chi connectivity index (χ1) is 13.6. The molecule has 158 valence electrons. The maximum Gasteiger partial charge on any atom is 0.239 e. The van der Waals surface area contributed by atoms with Gasteiger partial charge in [-0.25, -0.2) is 8.42 Å². The third-order valence-corrected chi connectivity index (χ3v) is 7.61. The second kappa shape index (κ2) is 11.0. The molecule has 0 aliphatic carbocycles. The van der Waals surface area contributed by atoms with E-state index in [-0.39, 0.29) is 27.4 Å². The maximum atomic E-state index is 12.0. The van der Waals surface area contributed by atoms with Gasteiger partial charge in [0.05, 0.1) is 37.2 Å². The van der Waals surface area contributed by atoms with Crippen LogP contribution in [0.4, 0.5) is 5.69 Å². The molecule has 29 heavy (non-hydrogen) atoms. The number of anilines is 1. The molecule has 0 heterocycles. The van der Waals surface area contributed by atoms with Crippen molar-refractivity contribution in [2.75, 3.05) is 30.4 Å². The number of rotatable bonds is 9. The quantitative estimate of drug-likeness (QED) is 0.451. The fourth-order valence-corrected chi connectivity index (χ4v) is 5.02. The molecule has 1 amide bonds. The van der Waals surface area contributed by atoms with Gasteiger partial charge in [-0.05, 0) is 29.8 Å². The number of hydrogen-bond donors (Lipinski definition) is 2. The van der Waals surface area contributed by atoms with Gasteiger partial charge in [0, 0.05) is 24.3 Å². The van der Waals surface area contributed by atoms with E-state index in [9.17, 15) is 13.2 Å². The molecule has 0 atom stereocenters. The van der Waals surface area contributed by atoms with Crippen molar-refractivity contribution in [3.63, 3.8) is 0 Å². The van der Waals surface area contributed by atoms with E-state index in [1.807, 2.05) is 12.1 Å². The molecule has 0 aromatic heterocycles. The molecule has 0 unspecified atom stereocenters. The van der Waals surface area contributed by atoms with Gasteiger partial charge in [-0.15, -0.1) is 0 Å². The summed E-state index contributed by atoms with van der Waals surface area (Å²) in [4.78, 5) is 11.9. The van der Waals surface area contributed by atoms with Crippen LogP contribution in [0.25, 0.3) is 0 Å². The second-order valence-corrected chi connectivity index (χ2v) is 10.7. The molecule has 2 rings (SSSR count). The van der Waals surface area contributed by atoms with E-state index >= 15 is 0 Å². The van der Waals surface area contributed by atoms with Crippen molar-refractivity contribution in [2.24, 2.45) is 0 Å². The number of thioether (sulfide) groups is 1. The average molecular weight is 516 g/mol. The Kier molecular flexibility index (Phi) is 9.25. The Bertz CT molecular complexity index is 1000. The fourth-order valence-electron chi connectivity index (χ4n) is 2.27. The lowest BCUT2D eigenvalue weighted by Gasteiger charge is -2.12. The Hall–Kier alpha value is -0.830. The van der Waals surface area contributed by atoms with E-state index < -0.39 is 9.84 Å². The van der Waals surface area contributed by atoms with Gasteiger partial charge in [0.15, 0.2) is 9.84 Å². The summed E-state index contributed by atoms with van der Waals surface area (Å²) in [6.45, 7) is 0.472. The van der Waals surface area contributed by atoms with Crippen LogP contribution in [-0.2, 0) is 20.4 Å². The Morgan fingerprint density at radius 1 is 1.03 bits per heavy atom. The molecule has 11 heteroatoms. The van der Waals surface area contributed by atoms with Gasteiger partial charge in [0.2, 0.25) is 5.91 Å². The predicted octanol–water partition coefficient (Wildman–Crippen LogP) is 5.17. The normalized spacial score (nSPS) is 11.3. The number of carbonyl (C=O) groups is 1. The maximum absolute atomic E-state index is 12.0. The number of benzene rings is 2. The summed E-state index contributed by atoms with van der Waals surface area (Å²) in [6.07, 6.45) is 1.05. The zero-order valence-corrected chi connectivity index (χ0v) is 19.9. The van der Waals surface area contributed by atoms with Crippen molar-refractivity contribution in [3.8, 4) is 0 Å². The van der Waals surface area contributed by atoms with E-state index in [2.05, 4.69) is 10.6 Å². The average Bonchev–Trinajstić information content (AvgIpc) is 2.64. The van der Waals surface area contributed by atoms with Crippen molar-refractivity contribution < 1.29 is 13.2 Å². The molecule has 0 fully saturated rings. The first-order valence-corrected chi connectivity index (χ1v) is 12.9. The molecule has 0 bridgehead atoms. The number of amides is 1. The second-order valence-electron chi connectivity index (χ2n) is 6.02. The minimum absolute atomic E-state index is 0.0221. The molecule has 0 saturated heterocycles. The molecular formula is C18H18Cl4N2O3S2. The topological polar surface area (TPSA) is 75.3 Å². The molecular weight excluding hydrogens is 498 g/mol. The minimum atomic E-state index is -3.49. The van der Waals surface area contributed by atoms with Crippen LogP contribution in [0.5, 0.6) is 0 Å². The van der Waals surface area contributed by atoms with Crippen LogP contribution in [0, 0.1) is 0 Å². The molecule has 0 aliphatic rings. The van der Waals surface area contributed by atoms with Gasteiger partial charge in [-0.3, -0.25) is 4.79 Å². The van der Waals surface area contributed by atoms with Gasteiger partial charge < -0.3 is 10.6 Å². The van der Waals surface area contributed by atoms with E-state index in [0.29, 0.717) is 22.3 Å². The molecule has 2 N–H and O–H groups in total. The van der Waals surface area contributed by atoms with Gasteiger partial charge >= 0.3 is 0 Å². The highest BCUT2D eigenvalue weighted by atomic mass is 35.5. The highest BCUT2D eigenvalue weighted by Gasteiger charge is 2.17. The third kappa shape index (κ3) is 7.42. The third-order valence-electron chi connectivity index (χ3n) is 3.71. The van der Waals surface area contributed by atoms with Crippen molar-refractivity contribution >= 4 is 79.6 Å². The summed E-state index contributed by atoms with van der Waals surface area (Å²) in [5.41, 5.74) is 1.44. The summed E-state index contributed by atoms with van der Waals surface area (Å²) in [6, 6.07) is 8.32. The Labute approximate surface area is 194 Å². The van der Waals surface area contributed by atoms with Crippen LogP contribution < -0.4 is 10.6 Å². The van der Waals surface area contributed by atoms with Gasteiger partial charge in [-0.1, -0.05) is 52.5 Å². The highest BCUT2D eigenvalue weighted by molar-refractivity contribution is 7.98. The monoisotopic (exact) mass is 514 g/mol. The first-order valence-electron chi connectivity index (χ1n) is 8.30. The van der Waals surface area contributed by atoms with Gasteiger partial charge in [0.25, 0.3) is 0 Å². The number of sulfone groups is 1. The summed E-state index contributed by atoms with van der Waals surface area (Å²) in [5.74, 6) is 1.26. The Morgan fingerprint density at radius 2 is 1.76 bits per heavy atom. The van der Waals surface area contributed by atoms with Crippen molar-refractivity contribution in [2.45, 2.75) is 10.6 Å².